The molecule has 0 amide bonds. The second-order valence-electron chi connectivity index (χ2n) is 5.38. The Balaban J connectivity index is 1.80. The lowest BCUT2D eigenvalue weighted by Gasteiger charge is -2.11. The second kappa shape index (κ2) is 9.29. The van der Waals surface area contributed by atoms with Crippen molar-refractivity contribution in [2.75, 3.05) is 18.6 Å². The third kappa shape index (κ3) is 4.65. The Labute approximate surface area is 169 Å². The molecule has 28 heavy (non-hydrogen) atoms. The number of nitrogens with one attached hydrogen (secondary N) is 1. The highest BCUT2D eigenvalue weighted by Gasteiger charge is 2.22. The van der Waals surface area contributed by atoms with Gasteiger partial charge in [-0.2, -0.15) is 5.10 Å². The van der Waals surface area contributed by atoms with Crippen LogP contribution >= 0.6 is 22.7 Å². The fourth-order valence-corrected chi connectivity index (χ4v) is 3.82. The maximum absolute atomic E-state index is 11.4. The summed E-state index contributed by atoms with van der Waals surface area (Å²) in [6.07, 6.45) is 1.48. The molecule has 1 aromatic carbocycles. The number of nitrogens with zero attached hydrogens (tertiary/aromatic N) is 3. The van der Waals surface area contributed by atoms with Crippen LogP contribution in [0.25, 0.3) is 10.6 Å². The molecule has 0 aliphatic heterocycles. The van der Waals surface area contributed by atoms with Crippen molar-refractivity contribution >= 4 is 39.7 Å². The van der Waals surface area contributed by atoms with Crippen molar-refractivity contribution < 1.29 is 14.4 Å². The highest BCUT2D eigenvalue weighted by Crippen LogP contribution is 2.38. The van der Waals surface area contributed by atoms with Crippen LogP contribution in [0.3, 0.4) is 0 Å². The summed E-state index contributed by atoms with van der Waals surface area (Å²) in [6, 6.07) is 7.03. The van der Waals surface area contributed by atoms with Gasteiger partial charge in [-0.15, -0.1) is 22.7 Å². The molecule has 0 atom stereocenters. The lowest BCUT2D eigenvalue weighted by atomic mass is 10.2. The Hall–Kier alpha value is -2.98. The van der Waals surface area contributed by atoms with Crippen molar-refractivity contribution in [2.45, 2.75) is 13.8 Å². The topological polar surface area (TPSA) is 98.9 Å². The van der Waals surface area contributed by atoms with Crippen molar-refractivity contribution in [1.29, 1.82) is 0 Å². The summed E-state index contributed by atoms with van der Waals surface area (Å²) in [4.78, 5) is 16.5. The first-order valence-corrected chi connectivity index (χ1v) is 10.2. The van der Waals surface area contributed by atoms with E-state index in [0.717, 1.165) is 10.6 Å². The third-order valence-corrected chi connectivity index (χ3v) is 5.13. The van der Waals surface area contributed by atoms with Crippen LogP contribution < -0.4 is 14.9 Å². The molecule has 10 heteroatoms. The highest BCUT2D eigenvalue weighted by atomic mass is 32.1. The number of nitro groups is 1. The molecular weight excluding hydrogens is 400 g/mol. The largest absolute Gasteiger partial charge is 0.490 e. The molecule has 0 radical (unpaired) electrons. The Morgan fingerprint density at radius 2 is 2.11 bits per heavy atom. The molecule has 0 saturated heterocycles. The summed E-state index contributed by atoms with van der Waals surface area (Å²) >= 11 is 3.04. The molecule has 146 valence electrons. The van der Waals surface area contributed by atoms with Crippen molar-refractivity contribution in [3.05, 3.63) is 50.7 Å². The predicted molar refractivity (Wildman–Crippen MR) is 112 cm³/mol. The SMILES string of the molecule is CCOc1cc(/C=N\Nc2nc(-c3cccs3)cs2)cc([N+](=O)[O-])c1OCC. The van der Waals surface area contributed by atoms with Gasteiger partial charge in [-0.1, -0.05) is 6.07 Å². The van der Waals surface area contributed by atoms with E-state index in [4.69, 9.17) is 9.47 Å². The van der Waals surface area contributed by atoms with E-state index in [2.05, 4.69) is 15.5 Å². The zero-order valence-corrected chi connectivity index (χ0v) is 16.9. The summed E-state index contributed by atoms with van der Waals surface area (Å²) in [5, 5.41) is 20.1. The molecule has 8 nitrogen and oxygen atoms in total. The number of ether oxygens (including phenoxy) is 2. The number of aromatic nitrogens is 1. The first kappa shape index (κ1) is 19.8. The molecule has 0 saturated carbocycles. The van der Waals surface area contributed by atoms with Gasteiger partial charge in [0.15, 0.2) is 5.75 Å². The molecule has 0 spiro atoms. The standard InChI is InChI=1S/C18H18N4O4S2/c1-3-25-15-9-12(8-14(22(23)24)17(15)26-4-2)10-19-21-18-20-13(11-28-18)16-6-5-7-27-16/h5-11H,3-4H2,1-2H3,(H,20,21)/b19-10-. The first-order chi connectivity index (χ1) is 13.6. The van der Waals surface area contributed by atoms with E-state index in [-0.39, 0.29) is 11.4 Å². The van der Waals surface area contributed by atoms with E-state index in [9.17, 15) is 10.1 Å². The van der Waals surface area contributed by atoms with Gasteiger partial charge in [-0.05, 0) is 31.4 Å². The van der Waals surface area contributed by atoms with E-state index in [1.807, 2.05) is 22.9 Å². The zero-order valence-electron chi connectivity index (χ0n) is 15.2. The number of thiophene rings is 1. The molecule has 0 bridgehead atoms. The summed E-state index contributed by atoms with van der Waals surface area (Å²) in [5.74, 6) is 0.439. The number of nitro benzene ring substituents is 1. The molecular formula is C18H18N4O4S2. The van der Waals surface area contributed by atoms with E-state index < -0.39 is 4.92 Å². The Morgan fingerprint density at radius 3 is 2.79 bits per heavy atom. The van der Waals surface area contributed by atoms with Crippen LogP contribution in [0.15, 0.2) is 40.1 Å². The van der Waals surface area contributed by atoms with E-state index in [1.54, 1.807) is 31.3 Å². The molecule has 0 aliphatic rings. The van der Waals surface area contributed by atoms with Crippen LogP contribution in [-0.4, -0.2) is 29.3 Å². The lowest BCUT2D eigenvalue weighted by Crippen LogP contribution is -2.03. The summed E-state index contributed by atoms with van der Waals surface area (Å²) in [6.45, 7) is 4.22. The predicted octanol–water partition coefficient (Wildman–Crippen LogP) is 5.02. The fourth-order valence-electron chi connectivity index (χ4n) is 2.40. The maximum atomic E-state index is 11.4. The molecule has 2 heterocycles. The van der Waals surface area contributed by atoms with Crippen LogP contribution in [0.4, 0.5) is 10.8 Å². The minimum Gasteiger partial charge on any atom is -0.490 e. The minimum absolute atomic E-state index is 0.125. The fraction of sp³-hybridized carbons (Fsp3) is 0.222. The Kier molecular flexibility index (Phi) is 6.56. The average Bonchev–Trinajstić information content (AvgIpc) is 3.35. The molecule has 1 N–H and O–H groups in total. The molecule has 0 fully saturated rings. The number of benzene rings is 1. The van der Waals surface area contributed by atoms with E-state index in [0.29, 0.717) is 29.7 Å². The minimum atomic E-state index is -0.494. The number of thiazole rings is 1. The second-order valence-corrected chi connectivity index (χ2v) is 7.18. The van der Waals surface area contributed by atoms with Crippen LogP contribution in [0.1, 0.15) is 19.4 Å². The lowest BCUT2D eigenvalue weighted by molar-refractivity contribution is -0.385. The van der Waals surface area contributed by atoms with Crippen LogP contribution in [0, 0.1) is 10.1 Å². The molecule has 0 aliphatic carbocycles. The van der Waals surface area contributed by atoms with E-state index >= 15 is 0 Å². The van der Waals surface area contributed by atoms with Gasteiger partial charge in [-0.25, -0.2) is 4.98 Å². The van der Waals surface area contributed by atoms with Crippen molar-refractivity contribution in [2.24, 2.45) is 5.10 Å². The third-order valence-electron chi connectivity index (χ3n) is 3.49. The first-order valence-electron chi connectivity index (χ1n) is 8.48. The Morgan fingerprint density at radius 1 is 1.29 bits per heavy atom. The average molecular weight is 419 g/mol. The molecule has 3 rings (SSSR count). The van der Waals surface area contributed by atoms with Gasteiger partial charge in [-0.3, -0.25) is 15.5 Å². The maximum Gasteiger partial charge on any atom is 0.315 e. The van der Waals surface area contributed by atoms with Crippen molar-refractivity contribution in [3.8, 4) is 22.1 Å². The summed E-state index contributed by atoms with van der Waals surface area (Å²) in [7, 11) is 0. The number of hydrogen-bond acceptors (Lipinski definition) is 9. The van der Waals surface area contributed by atoms with Gasteiger partial charge >= 0.3 is 5.69 Å². The van der Waals surface area contributed by atoms with Gasteiger partial charge < -0.3 is 9.47 Å². The molecule has 0 unspecified atom stereocenters. The highest BCUT2D eigenvalue weighted by molar-refractivity contribution is 7.15. The quantitative estimate of drug-likeness (QED) is 0.297. The number of hydrogen-bond donors (Lipinski definition) is 1. The van der Waals surface area contributed by atoms with E-state index in [1.165, 1.54) is 23.6 Å². The monoisotopic (exact) mass is 418 g/mol. The van der Waals surface area contributed by atoms with Gasteiger partial charge in [0.05, 0.1) is 34.9 Å². The van der Waals surface area contributed by atoms with Gasteiger partial charge in [0.25, 0.3) is 0 Å². The smallest absolute Gasteiger partial charge is 0.315 e. The van der Waals surface area contributed by atoms with Gasteiger partial charge in [0, 0.05) is 17.0 Å². The summed E-state index contributed by atoms with van der Waals surface area (Å²) < 4.78 is 10.9. The molecule has 2 aromatic heterocycles. The summed E-state index contributed by atoms with van der Waals surface area (Å²) in [5.41, 5.74) is 4.09. The number of hydrazone groups is 1. The Bertz CT molecular complexity index is 970. The van der Waals surface area contributed by atoms with Crippen molar-refractivity contribution in [1.82, 2.24) is 4.98 Å². The van der Waals surface area contributed by atoms with Crippen LogP contribution in [0.5, 0.6) is 11.5 Å². The van der Waals surface area contributed by atoms with Crippen molar-refractivity contribution in [3.63, 3.8) is 0 Å². The zero-order chi connectivity index (χ0) is 19.9. The molecule has 3 aromatic rings. The number of anilines is 1. The van der Waals surface area contributed by atoms with Gasteiger partial charge in [0.2, 0.25) is 10.9 Å². The number of rotatable bonds is 9. The van der Waals surface area contributed by atoms with Crippen LogP contribution in [-0.2, 0) is 0 Å². The normalized spacial score (nSPS) is 10.9. The van der Waals surface area contributed by atoms with Crippen LogP contribution in [0.2, 0.25) is 0 Å². The van der Waals surface area contributed by atoms with Gasteiger partial charge in [0.1, 0.15) is 0 Å².